The summed E-state index contributed by atoms with van der Waals surface area (Å²) < 4.78 is 34.5. The van der Waals surface area contributed by atoms with Crippen molar-refractivity contribution < 1.29 is 27.7 Å². The number of nitrogens with one attached hydrogen (secondary N) is 2. The van der Waals surface area contributed by atoms with E-state index in [1.165, 1.54) is 24.3 Å². The SMILES string of the molecule is COc1cc(CCC(=O)N(C)CCN(C)C)ccc1-c1ccc(C(=O)NS(=O)(=O)c2ccc(N[C@H](CCCCN(C)C)CSc3ccccc3)c([N+](=O)[O-])c2)cc1. The van der Waals surface area contributed by atoms with Gasteiger partial charge in [-0.25, -0.2) is 13.1 Å². The number of carbonyl (C=O) groups excluding carboxylic acids is 2. The predicted molar refractivity (Wildman–Crippen MR) is 228 cm³/mol. The topological polar surface area (TPSA) is 154 Å². The second kappa shape index (κ2) is 21.5. The van der Waals surface area contributed by atoms with E-state index in [-0.39, 0.29) is 23.2 Å². The molecule has 306 valence electrons. The zero-order valence-corrected chi connectivity index (χ0v) is 35.2. The lowest BCUT2D eigenvalue weighted by molar-refractivity contribution is -0.384. The molecular formula is C42H54N6O7S2. The number of rotatable bonds is 22. The number of nitro benzene ring substituents is 1. The molecule has 0 aliphatic rings. The van der Waals surface area contributed by atoms with Crippen molar-refractivity contribution in [2.45, 2.75) is 47.9 Å². The average Bonchev–Trinajstić information content (AvgIpc) is 3.19. The highest BCUT2D eigenvalue weighted by molar-refractivity contribution is 7.99. The molecule has 0 unspecified atom stereocenters. The quantitative estimate of drug-likeness (QED) is 0.0380. The van der Waals surface area contributed by atoms with Crippen LogP contribution in [0.1, 0.15) is 41.6 Å². The summed E-state index contributed by atoms with van der Waals surface area (Å²) in [6.45, 7) is 2.35. The number of carbonyl (C=O) groups is 2. The molecule has 0 radical (unpaired) electrons. The fourth-order valence-electron chi connectivity index (χ4n) is 5.99. The van der Waals surface area contributed by atoms with E-state index < -0.39 is 31.4 Å². The van der Waals surface area contributed by atoms with Gasteiger partial charge in [0.1, 0.15) is 11.4 Å². The maximum atomic E-state index is 13.4. The molecule has 13 nitrogen and oxygen atoms in total. The van der Waals surface area contributed by atoms with E-state index in [1.54, 1.807) is 43.0 Å². The number of ether oxygens (including phenoxy) is 1. The summed E-state index contributed by atoms with van der Waals surface area (Å²) in [5.41, 5.74) is 2.30. The summed E-state index contributed by atoms with van der Waals surface area (Å²) in [5.74, 6) is 0.409. The van der Waals surface area contributed by atoms with Gasteiger partial charge in [0, 0.05) is 60.4 Å². The number of hydrogen-bond acceptors (Lipinski definition) is 11. The van der Waals surface area contributed by atoms with Gasteiger partial charge in [-0.3, -0.25) is 19.7 Å². The molecule has 0 spiro atoms. The summed E-state index contributed by atoms with van der Waals surface area (Å²) in [5, 5.41) is 15.5. The van der Waals surface area contributed by atoms with E-state index in [0.29, 0.717) is 30.9 Å². The minimum absolute atomic E-state index is 0.0580. The van der Waals surface area contributed by atoms with Gasteiger partial charge < -0.3 is 24.8 Å². The minimum Gasteiger partial charge on any atom is -0.496 e. The van der Waals surface area contributed by atoms with Gasteiger partial charge in [-0.05, 0) is 108 Å². The van der Waals surface area contributed by atoms with E-state index in [4.69, 9.17) is 4.74 Å². The first-order valence-electron chi connectivity index (χ1n) is 18.8. The highest BCUT2D eigenvalue weighted by Gasteiger charge is 2.25. The Labute approximate surface area is 341 Å². The van der Waals surface area contributed by atoms with Crippen LogP contribution in [0.2, 0.25) is 0 Å². The maximum absolute atomic E-state index is 13.4. The van der Waals surface area contributed by atoms with E-state index >= 15 is 0 Å². The van der Waals surface area contributed by atoms with Crippen molar-refractivity contribution in [1.29, 1.82) is 0 Å². The van der Waals surface area contributed by atoms with Gasteiger partial charge in [-0.2, -0.15) is 0 Å². The smallest absolute Gasteiger partial charge is 0.293 e. The van der Waals surface area contributed by atoms with Crippen molar-refractivity contribution in [2.24, 2.45) is 0 Å². The van der Waals surface area contributed by atoms with Crippen LogP contribution in [0.3, 0.4) is 0 Å². The molecule has 0 saturated heterocycles. The molecule has 2 N–H and O–H groups in total. The summed E-state index contributed by atoms with van der Waals surface area (Å²) >= 11 is 1.64. The first kappa shape index (κ1) is 44.8. The van der Waals surface area contributed by atoms with Crippen molar-refractivity contribution in [1.82, 2.24) is 19.4 Å². The highest BCUT2D eigenvalue weighted by atomic mass is 32.2. The molecule has 15 heteroatoms. The monoisotopic (exact) mass is 818 g/mol. The summed E-state index contributed by atoms with van der Waals surface area (Å²) in [4.78, 5) is 43.9. The van der Waals surface area contributed by atoms with Crippen LogP contribution in [-0.2, 0) is 21.2 Å². The van der Waals surface area contributed by atoms with Crippen LogP contribution in [-0.4, -0.2) is 114 Å². The second-order valence-corrected chi connectivity index (χ2v) is 17.1. The number of unbranched alkanes of at least 4 members (excludes halogenated alkanes) is 1. The van der Waals surface area contributed by atoms with Crippen LogP contribution >= 0.6 is 11.8 Å². The number of nitrogens with zero attached hydrogens (tertiary/aromatic N) is 4. The molecule has 4 aromatic rings. The molecule has 0 aliphatic carbocycles. The van der Waals surface area contributed by atoms with Crippen LogP contribution in [0.4, 0.5) is 11.4 Å². The average molecular weight is 819 g/mol. The Morgan fingerprint density at radius 3 is 2.21 bits per heavy atom. The lowest BCUT2D eigenvalue weighted by Gasteiger charge is -2.20. The Bertz CT molecular complexity index is 2060. The molecule has 0 aromatic heterocycles. The fourth-order valence-corrected chi connectivity index (χ4v) is 7.98. The van der Waals surface area contributed by atoms with Crippen LogP contribution < -0.4 is 14.8 Å². The van der Waals surface area contributed by atoms with Gasteiger partial charge in [-0.15, -0.1) is 11.8 Å². The first-order valence-corrected chi connectivity index (χ1v) is 21.2. The molecule has 0 aliphatic heterocycles. The van der Waals surface area contributed by atoms with E-state index in [1.807, 2.05) is 81.6 Å². The third-order valence-electron chi connectivity index (χ3n) is 9.33. The summed E-state index contributed by atoms with van der Waals surface area (Å²) in [6.07, 6.45) is 3.53. The predicted octanol–water partition coefficient (Wildman–Crippen LogP) is 6.65. The molecule has 4 aromatic carbocycles. The largest absolute Gasteiger partial charge is 0.496 e. The number of amides is 2. The number of benzene rings is 4. The normalized spacial score (nSPS) is 12.0. The molecule has 0 saturated carbocycles. The number of sulfonamides is 1. The van der Waals surface area contributed by atoms with Crippen LogP contribution in [0.25, 0.3) is 11.1 Å². The van der Waals surface area contributed by atoms with Gasteiger partial charge in [0.2, 0.25) is 5.91 Å². The highest BCUT2D eigenvalue weighted by Crippen LogP contribution is 2.33. The number of nitro groups is 1. The second-order valence-electron chi connectivity index (χ2n) is 14.4. The van der Waals surface area contributed by atoms with Crippen molar-refractivity contribution >= 4 is 45.0 Å². The number of likely N-dealkylation sites (N-methyl/N-ethyl adjacent to an activating group) is 2. The zero-order valence-electron chi connectivity index (χ0n) is 33.6. The van der Waals surface area contributed by atoms with Gasteiger partial charge in [0.15, 0.2) is 0 Å². The van der Waals surface area contributed by atoms with Crippen molar-refractivity contribution in [2.75, 3.05) is 73.1 Å². The van der Waals surface area contributed by atoms with Crippen LogP contribution in [0.5, 0.6) is 5.75 Å². The molecule has 0 fully saturated rings. The van der Waals surface area contributed by atoms with Gasteiger partial charge in [0.05, 0.1) is 16.9 Å². The first-order chi connectivity index (χ1) is 27.2. The maximum Gasteiger partial charge on any atom is 0.293 e. The fraction of sp³-hybridized carbons (Fsp3) is 0.381. The third kappa shape index (κ3) is 13.9. The minimum atomic E-state index is -4.47. The molecule has 0 heterocycles. The Morgan fingerprint density at radius 1 is 0.860 bits per heavy atom. The van der Waals surface area contributed by atoms with E-state index in [2.05, 4.69) is 14.9 Å². The van der Waals surface area contributed by atoms with Gasteiger partial charge in [-0.1, -0.05) is 48.9 Å². The number of methoxy groups -OCH3 is 1. The Hall–Kier alpha value is -4.96. The molecule has 2 amide bonds. The molecule has 0 bridgehead atoms. The van der Waals surface area contributed by atoms with Gasteiger partial charge in [0.25, 0.3) is 21.6 Å². The Morgan fingerprint density at radius 2 is 1.56 bits per heavy atom. The standard InChI is InChI=1S/C42H54N6O7S2/c1-45(2)25-11-10-12-34(30-56-35-13-8-7-9-14-35)43-38-23-21-36(29-39(38)48(51)52)57(53,54)44-42(50)33-19-17-32(18-20-33)37-22-15-31(28-40(37)55-6)16-24-41(49)47(5)27-26-46(3)4/h7-9,13-15,17-23,28-29,34,43H,10-12,16,24-27,30H2,1-6H3,(H,44,50)/t34-/m1/s1. The van der Waals surface area contributed by atoms with Crippen LogP contribution in [0, 0.1) is 10.1 Å². The number of aryl methyl sites for hydroxylation is 1. The number of thioether (sulfide) groups is 1. The number of hydrogen-bond donors (Lipinski definition) is 2. The van der Waals surface area contributed by atoms with Crippen molar-refractivity contribution in [3.8, 4) is 16.9 Å². The van der Waals surface area contributed by atoms with Crippen molar-refractivity contribution in [3.05, 3.63) is 112 Å². The van der Waals surface area contributed by atoms with Gasteiger partial charge >= 0.3 is 0 Å². The summed E-state index contributed by atoms with van der Waals surface area (Å²) in [7, 11) is 6.84. The number of anilines is 1. The lowest BCUT2D eigenvalue weighted by Crippen LogP contribution is -2.33. The Balaban J connectivity index is 1.43. The molecule has 4 rings (SSSR count). The molecule has 57 heavy (non-hydrogen) atoms. The van der Waals surface area contributed by atoms with E-state index in [9.17, 15) is 28.1 Å². The molecular weight excluding hydrogens is 765 g/mol. The Kier molecular flexibility index (Phi) is 16.9. The van der Waals surface area contributed by atoms with Crippen molar-refractivity contribution in [3.63, 3.8) is 0 Å². The zero-order chi connectivity index (χ0) is 41.5. The summed E-state index contributed by atoms with van der Waals surface area (Å²) in [6, 6.07) is 25.4. The lowest BCUT2D eigenvalue weighted by atomic mass is 9.99. The third-order valence-corrected chi connectivity index (χ3v) is 11.8. The van der Waals surface area contributed by atoms with E-state index in [0.717, 1.165) is 60.0 Å². The molecule has 1 atom stereocenters. The van der Waals surface area contributed by atoms with Crippen LogP contribution in [0.15, 0.2) is 101 Å².